The van der Waals surface area contributed by atoms with Crippen LogP contribution < -0.4 is 5.43 Å². The fourth-order valence-corrected chi connectivity index (χ4v) is 4.09. The molecule has 4 aromatic rings. The number of imidazole rings is 1. The van der Waals surface area contributed by atoms with Gasteiger partial charge in [-0.15, -0.1) is 0 Å². The minimum atomic E-state index is -0.316. The third kappa shape index (κ3) is 5.36. The third-order valence-corrected chi connectivity index (χ3v) is 6.04. The van der Waals surface area contributed by atoms with Crippen molar-refractivity contribution in [3.8, 4) is 0 Å². The van der Waals surface area contributed by atoms with Crippen LogP contribution in [0.5, 0.6) is 0 Å². The summed E-state index contributed by atoms with van der Waals surface area (Å²) in [6.07, 6.45) is 0. The van der Waals surface area contributed by atoms with E-state index in [1.807, 2.05) is 48.5 Å². The van der Waals surface area contributed by atoms with Crippen LogP contribution in [0.4, 0.5) is 4.39 Å². The van der Waals surface area contributed by atoms with Crippen LogP contribution in [0.1, 0.15) is 18.1 Å². The lowest BCUT2D eigenvalue weighted by atomic mass is 10.1. The number of hydrogen-bond donors (Lipinski definition) is 1. The molecule has 0 aliphatic rings. The van der Waals surface area contributed by atoms with E-state index in [1.165, 1.54) is 23.9 Å². The van der Waals surface area contributed by atoms with Crippen LogP contribution in [0.2, 0.25) is 5.02 Å². The van der Waals surface area contributed by atoms with Crippen molar-refractivity contribution in [1.29, 1.82) is 0 Å². The summed E-state index contributed by atoms with van der Waals surface area (Å²) in [6.45, 7) is 2.37. The molecule has 0 unspecified atom stereocenters. The molecule has 0 saturated carbocycles. The van der Waals surface area contributed by atoms with Gasteiger partial charge in [-0.05, 0) is 54.4 Å². The Hall–Kier alpha value is -3.16. The van der Waals surface area contributed by atoms with Crippen LogP contribution in [0.3, 0.4) is 0 Å². The maximum atomic E-state index is 13.1. The highest BCUT2D eigenvalue weighted by Crippen LogP contribution is 2.25. The molecule has 0 aliphatic carbocycles. The number of benzene rings is 3. The first kappa shape index (κ1) is 22.0. The van der Waals surface area contributed by atoms with E-state index < -0.39 is 0 Å². The van der Waals surface area contributed by atoms with Gasteiger partial charge in [0.15, 0.2) is 5.16 Å². The molecule has 1 amide bonds. The Kier molecular flexibility index (Phi) is 6.87. The highest BCUT2D eigenvalue weighted by atomic mass is 35.5. The van der Waals surface area contributed by atoms with Crippen LogP contribution in [-0.4, -0.2) is 26.9 Å². The Morgan fingerprint density at radius 2 is 1.81 bits per heavy atom. The minimum Gasteiger partial charge on any atom is -0.314 e. The van der Waals surface area contributed by atoms with Gasteiger partial charge < -0.3 is 4.57 Å². The molecule has 0 radical (unpaired) electrons. The van der Waals surface area contributed by atoms with E-state index in [0.29, 0.717) is 17.3 Å². The van der Waals surface area contributed by atoms with E-state index in [9.17, 15) is 9.18 Å². The number of nitrogens with one attached hydrogen (secondary N) is 1. The molecular weight excluding hydrogens is 447 g/mol. The molecule has 0 fully saturated rings. The standard InChI is InChI=1S/C24H20ClFN4OS/c1-16(18-8-12-20(26)13-9-18)28-29-23(31)15-32-24-27-21-4-2-3-5-22(21)30(24)14-17-6-10-19(25)11-7-17/h2-13H,14-15H2,1H3,(H,29,31)/b28-16+. The number of thioether (sulfide) groups is 1. The van der Waals surface area contributed by atoms with Crippen molar-refractivity contribution in [2.45, 2.75) is 18.6 Å². The zero-order valence-corrected chi connectivity index (χ0v) is 18.8. The van der Waals surface area contributed by atoms with Crippen molar-refractivity contribution in [2.75, 3.05) is 5.75 Å². The number of rotatable bonds is 7. The zero-order valence-electron chi connectivity index (χ0n) is 17.3. The van der Waals surface area contributed by atoms with Gasteiger partial charge in [0.05, 0.1) is 29.0 Å². The first-order valence-corrected chi connectivity index (χ1v) is 11.3. The Labute approximate surface area is 194 Å². The lowest BCUT2D eigenvalue weighted by Crippen LogP contribution is -2.21. The smallest absolute Gasteiger partial charge is 0.250 e. The molecule has 0 saturated heterocycles. The van der Waals surface area contributed by atoms with Crippen molar-refractivity contribution in [3.05, 3.63) is 94.8 Å². The fraction of sp³-hybridized carbons (Fsp3) is 0.125. The van der Waals surface area contributed by atoms with E-state index in [1.54, 1.807) is 19.1 Å². The van der Waals surface area contributed by atoms with Gasteiger partial charge in [0, 0.05) is 5.02 Å². The van der Waals surface area contributed by atoms with Crippen molar-refractivity contribution < 1.29 is 9.18 Å². The second-order valence-corrected chi connectivity index (χ2v) is 8.50. The predicted molar refractivity (Wildman–Crippen MR) is 128 cm³/mol. The van der Waals surface area contributed by atoms with Gasteiger partial charge in [-0.1, -0.05) is 59.8 Å². The van der Waals surface area contributed by atoms with Gasteiger partial charge in [-0.25, -0.2) is 14.8 Å². The van der Waals surface area contributed by atoms with Gasteiger partial charge in [0.25, 0.3) is 5.91 Å². The van der Waals surface area contributed by atoms with Crippen LogP contribution in [0, 0.1) is 5.82 Å². The maximum absolute atomic E-state index is 13.1. The molecular formula is C24H20ClFN4OS. The maximum Gasteiger partial charge on any atom is 0.250 e. The molecule has 162 valence electrons. The number of fused-ring (bicyclic) bond motifs is 1. The molecule has 0 aliphatic heterocycles. The SMILES string of the molecule is C/C(=N\NC(=O)CSc1nc2ccccc2n1Cc1ccc(Cl)cc1)c1ccc(F)cc1. The molecule has 4 rings (SSSR count). The summed E-state index contributed by atoms with van der Waals surface area (Å²) in [5.74, 6) is -0.408. The summed E-state index contributed by atoms with van der Waals surface area (Å²) < 4.78 is 15.2. The fourth-order valence-electron chi connectivity index (χ4n) is 3.15. The Bertz CT molecular complexity index is 1270. The summed E-state index contributed by atoms with van der Waals surface area (Å²) in [6, 6.07) is 21.5. The molecule has 3 aromatic carbocycles. The number of aromatic nitrogens is 2. The highest BCUT2D eigenvalue weighted by Gasteiger charge is 2.13. The van der Waals surface area contributed by atoms with Gasteiger partial charge in [0.2, 0.25) is 0 Å². The average molecular weight is 467 g/mol. The third-order valence-electron chi connectivity index (χ3n) is 4.82. The normalized spacial score (nSPS) is 11.7. The summed E-state index contributed by atoms with van der Waals surface area (Å²) in [5.41, 5.74) is 6.85. The minimum absolute atomic E-state index is 0.157. The number of carbonyl (C=O) groups excluding carboxylic acids is 1. The van der Waals surface area contributed by atoms with Gasteiger partial charge in [-0.3, -0.25) is 4.79 Å². The van der Waals surface area contributed by atoms with Crippen molar-refractivity contribution in [3.63, 3.8) is 0 Å². The number of hydrazone groups is 1. The second-order valence-electron chi connectivity index (χ2n) is 7.12. The Morgan fingerprint density at radius 3 is 2.56 bits per heavy atom. The van der Waals surface area contributed by atoms with E-state index in [4.69, 9.17) is 16.6 Å². The molecule has 5 nitrogen and oxygen atoms in total. The lowest BCUT2D eigenvalue weighted by molar-refractivity contribution is -0.118. The largest absolute Gasteiger partial charge is 0.314 e. The lowest BCUT2D eigenvalue weighted by Gasteiger charge is -2.09. The molecule has 0 spiro atoms. The number of nitrogens with zero attached hydrogens (tertiary/aromatic N) is 3. The van der Waals surface area contributed by atoms with Gasteiger partial charge >= 0.3 is 0 Å². The molecule has 0 bridgehead atoms. The van der Waals surface area contributed by atoms with Crippen LogP contribution in [-0.2, 0) is 11.3 Å². The topological polar surface area (TPSA) is 59.3 Å². The van der Waals surface area contributed by atoms with Crippen molar-refractivity contribution >= 4 is 46.0 Å². The number of hydrogen-bond acceptors (Lipinski definition) is 4. The summed E-state index contributed by atoms with van der Waals surface area (Å²) in [4.78, 5) is 17.1. The van der Waals surface area contributed by atoms with Gasteiger partial charge in [0.1, 0.15) is 5.82 Å². The van der Waals surface area contributed by atoms with Crippen LogP contribution in [0.25, 0.3) is 11.0 Å². The van der Waals surface area contributed by atoms with Crippen molar-refractivity contribution in [1.82, 2.24) is 15.0 Å². The number of carbonyl (C=O) groups is 1. The first-order valence-electron chi connectivity index (χ1n) is 9.91. The molecule has 1 heterocycles. The molecule has 8 heteroatoms. The predicted octanol–water partition coefficient (Wildman–Crippen LogP) is 5.51. The number of amides is 1. The number of para-hydroxylation sites is 2. The monoisotopic (exact) mass is 466 g/mol. The molecule has 32 heavy (non-hydrogen) atoms. The van der Waals surface area contributed by atoms with E-state index >= 15 is 0 Å². The van der Waals surface area contributed by atoms with Crippen LogP contribution >= 0.6 is 23.4 Å². The molecule has 1 N–H and O–H groups in total. The number of halogens is 2. The summed E-state index contributed by atoms with van der Waals surface area (Å²) >= 11 is 7.36. The first-order chi connectivity index (χ1) is 15.5. The average Bonchev–Trinajstić information content (AvgIpc) is 3.15. The Balaban J connectivity index is 1.46. The summed E-state index contributed by atoms with van der Waals surface area (Å²) in [5, 5.41) is 5.55. The van der Waals surface area contributed by atoms with E-state index in [-0.39, 0.29) is 17.5 Å². The Morgan fingerprint density at radius 1 is 1.09 bits per heavy atom. The van der Waals surface area contributed by atoms with Crippen LogP contribution in [0.15, 0.2) is 83.1 Å². The van der Waals surface area contributed by atoms with E-state index in [0.717, 1.165) is 27.3 Å². The van der Waals surface area contributed by atoms with Gasteiger partial charge in [-0.2, -0.15) is 5.10 Å². The summed E-state index contributed by atoms with van der Waals surface area (Å²) in [7, 11) is 0. The van der Waals surface area contributed by atoms with E-state index in [2.05, 4.69) is 15.1 Å². The highest BCUT2D eigenvalue weighted by molar-refractivity contribution is 7.99. The molecule has 0 atom stereocenters. The zero-order chi connectivity index (χ0) is 22.5. The quantitative estimate of drug-likeness (QED) is 0.222. The molecule has 1 aromatic heterocycles. The van der Waals surface area contributed by atoms with Crippen molar-refractivity contribution in [2.24, 2.45) is 5.10 Å². The second kappa shape index (κ2) is 9.97.